The lowest BCUT2D eigenvalue weighted by Gasteiger charge is -2.20. The van der Waals surface area contributed by atoms with Crippen molar-refractivity contribution >= 4 is 17.5 Å². The molecule has 4 nitrogen and oxygen atoms in total. The number of hydrogen-bond donors (Lipinski definition) is 0. The number of nitrogens with zero attached hydrogens (tertiary/aromatic N) is 1. The molecule has 140 valence electrons. The van der Waals surface area contributed by atoms with Gasteiger partial charge in [-0.2, -0.15) is 13.2 Å². The molecule has 0 aromatic heterocycles. The average Bonchev–Trinajstić information content (AvgIpc) is 2.93. The third kappa shape index (κ3) is 3.00. The topological polar surface area (TPSA) is 46.6 Å². The predicted octanol–water partition coefficient (Wildman–Crippen LogP) is 5.30. The lowest BCUT2D eigenvalue weighted by atomic mass is 10.1. The molecule has 7 heteroatoms. The highest BCUT2D eigenvalue weighted by molar-refractivity contribution is 6.34. The summed E-state index contributed by atoms with van der Waals surface area (Å²) >= 11 is 0. The molecule has 1 aliphatic rings. The second-order valence-electron chi connectivity index (χ2n) is 6.09. The van der Waals surface area contributed by atoms with Crippen LogP contribution in [0.5, 0.6) is 11.5 Å². The van der Waals surface area contributed by atoms with E-state index in [9.17, 15) is 22.8 Å². The van der Waals surface area contributed by atoms with E-state index in [4.69, 9.17) is 4.74 Å². The minimum Gasteiger partial charge on any atom is -0.455 e. The molecule has 0 aliphatic carbocycles. The van der Waals surface area contributed by atoms with Crippen molar-refractivity contribution in [1.29, 1.82) is 0 Å². The molecule has 0 radical (unpaired) electrons. The van der Waals surface area contributed by atoms with Gasteiger partial charge in [0.1, 0.15) is 5.75 Å². The normalized spacial score (nSPS) is 13.6. The molecule has 0 saturated heterocycles. The molecule has 1 heterocycles. The van der Waals surface area contributed by atoms with Crippen LogP contribution in [-0.4, -0.2) is 11.8 Å². The van der Waals surface area contributed by atoms with Crippen LogP contribution in [0.2, 0.25) is 0 Å². The highest BCUT2D eigenvalue weighted by atomic mass is 19.4. The van der Waals surface area contributed by atoms with Gasteiger partial charge in [-0.3, -0.25) is 9.59 Å². The fraction of sp³-hybridized carbons (Fsp3) is 0.0476. The largest absolute Gasteiger partial charge is 0.455 e. The van der Waals surface area contributed by atoms with Gasteiger partial charge < -0.3 is 4.74 Å². The minimum absolute atomic E-state index is 0.0336. The molecule has 0 N–H and O–H groups in total. The second kappa shape index (κ2) is 6.53. The minimum atomic E-state index is -4.64. The summed E-state index contributed by atoms with van der Waals surface area (Å²) in [5.74, 6) is -1.07. The Kier molecular flexibility index (Phi) is 4.15. The highest BCUT2D eigenvalue weighted by Crippen LogP contribution is 2.41. The smallest absolute Gasteiger partial charge is 0.416 e. The Bertz CT molecular complexity index is 1040. The van der Waals surface area contributed by atoms with Gasteiger partial charge >= 0.3 is 6.18 Å². The van der Waals surface area contributed by atoms with Crippen LogP contribution in [-0.2, 0) is 6.18 Å². The predicted molar refractivity (Wildman–Crippen MR) is 95.5 cm³/mol. The fourth-order valence-corrected chi connectivity index (χ4v) is 2.98. The molecular formula is C21H12F3NO3. The number of ether oxygens (including phenoxy) is 1. The van der Waals surface area contributed by atoms with E-state index >= 15 is 0 Å². The number of anilines is 1. The van der Waals surface area contributed by atoms with Crippen molar-refractivity contribution in [3.05, 3.63) is 89.5 Å². The Morgan fingerprint density at radius 3 is 1.89 bits per heavy atom. The van der Waals surface area contributed by atoms with Crippen LogP contribution in [0.3, 0.4) is 0 Å². The summed E-state index contributed by atoms with van der Waals surface area (Å²) in [5.41, 5.74) is -0.976. The van der Waals surface area contributed by atoms with Crippen LogP contribution in [0.15, 0.2) is 72.8 Å². The van der Waals surface area contributed by atoms with Crippen molar-refractivity contribution in [2.45, 2.75) is 6.18 Å². The van der Waals surface area contributed by atoms with Crippen LogP contribution < -0.4 is 9.64 Å². The molecule has 3 aromatic carbocycles. The van der Waals surface area contributed by atoms with E-state index in [0.717, 1.165) is 23.1 Å². The van der Waals surface area contributed by atoms with Crippen molar-refractivity contribution < 1.29 is 27.5 Å². The van der Waals surface area contributed by atoms with Crippen molar-refractivity contribution in [2.75, 3.05) is 4.90 Å². The highest BCUT2D eigenvalue weighted by Gasteiger charge is 2.39. The summed E-state index contributed by atoms with van der Waals surface area (Å²) in [4.78, 5) is 26.2. The molecule has 0 atom stereocenters. The molecule has 3 aromatic rings. The van der Waals surface area contributed by atoms with E-state index in [1.54, 1.807) is 42.5 Å². The Morgan fingerprint density at radius 1 is 0.750 bits per heavy atom. The summed E-state index contributed by atoms with van der Waals surface area (Å²) in [5, 5.41) is 0. The van der Waals surface area contributed by atoms with Crippen LogP contribution >= 0.6 is 0 Å². The number of benzene rings is 3. The number of carbonyl (C=O) groups excluding carboxylic acids is 2. The lowest BCUT2D eigenvalue weighted by Crippen LogP contribution is -2.30. The van der Waals surface area contributed by atoms with Crippen molar-refractivity contribution in [1.82, 2.24) is 0 Å². The number of hydrogen-bond acceptors (Lipinski definition) is 3. The fourth-order valence-electron chi connectivity index (χ4n) is 2.98. The standard InChI is InChI=1S/C21H12F3NO3/c22-21(23,24)13-10-11-18(28-14-6-2-1-3-7-14)17(12-13)25-19(26)15-8-4-5-9-16(15)20(25)27/h1-12H. The maximum absolute atomic E-state index is 13.2. The van der Waals surface area contributed by atoms with Gasteiger partial charge in [0.2, 0.25) is 0 Å². The van der Waals surface area contributed by atoms with E-state index in [1.807, 2.05) is 0 Å². The van der Waals surface area contributed by atoms with Crippen molar-refractivity contribution in [2.24, 2.45) is 0 Å². The third-order valence-electron chi connectivity index (χ3n) is 4.29. The van der Waals surface area contributed by atoms with Gasteiger partial charge in [0.25, 0.3) is 11.8 Å². The zero-order valence-corrected chi connectivity index (χ0v) is 14.2. The first kappa shape index (κ1) is 17.8. The van der Waals surface area contributed by atoms with Crippen LogP contribution in [0.1, 0.15) is 26.3 Å². The molecule has 28 heavy (non-hydrogen) atoms. The van der Waals surface area contributed by atoms with Gasteiger partial charge in [0.05, 0.1) is 22.4 Å². The molecule has 1 aliphatic heterocycles. The van der Waals surface area contributed by atoms with Gasteiger partial charge in [0, 0.05) is 0 Å². The Hall–Kier alpha value is -3.61. The number of fused-ring (bicyclic) bond motifs is 1. The van der Waals surface area contributed by atoms with Crippen molar-refractivity contribution in [3.8, 4) is 11.5 Å². The number of carbonyl (C=O) groups is 2. The Balaban J connectivity index is 1.84. The first-order valence-corrected chi connectivity index (χ1v) is 8.28. The van der Waals surface area contributed by atoms with E-state index in [1.165, 1.54) is 12.1 Å². The summed E-state index contributed by atoms with van der Waals surface area (Å²) in [6.07, 6.45) is -4.64. The number of halogens is 3. The number of para-hydroxylation sites is 1. The Labute approximate surface area is 157 Å². The molecule has 4 rings (SSSR count). The average molecular weight is 383 g/mol. The molecule has 0 fully saturated rings. The van der Waals surface area contributed by atoms with E-state index in [2.05, 4.69) is 0 Å². The molecule has 0 saturated carbocycles. The summed E-state index contributed by atoms with van der Waals surface area (Å²) in [6.45, 7) is 0. The molecular weight excluding hydrogens is 371 g/mol. The maximum atomic E-state index is 13.2. The first-order valence-electron chi connectivity index (χ1n) is 8.28. The van der Waals surface area contributed by atoms with Crippen LogP contribution in [0.4, 0.5) is 18.9 Å². The lowest BCUT2D eigenvalue weighted by molar-refractivity contribution is -0.137. The SMILES string of the molecule is O=C1c2ccccc2C(=O)N1c1cc(C(F)(F)F)ccc1Oc1ccccc1. The summed E-state index contributed by atoms with van der Waals surface area (Å²) in [7, 11) is 0. The number of amides is 2. The first-order chi connectivity index (χ1) is 13.4. The van der Waals surface area contributed by atoms with Gasteiger partial charge in [-0.05, 0) is 42.5 Å². The van der Waals surface area contributed by atoms with Gasteiger partial charge in [-0.1, -0.05) is 30.3 Å². The van der Waals surface area contributed by atoms with E-state index < -0.39 is 23.6 Å². The summed E-state index contributed by atoms with van der Waals surface area (Å²) < 4.78 is 45.4. The molecule has 0 unspecified atom stereocenters. The molecule has 2 amide bonds. The van der Waals surface area contributed by atoms with Gasteiger partial charge in [0.15, 0.2) is 5.75 Å². The van der Waals surface area contributed by atoms with Gasteiger partial charge in [-0.25, -0.2) is 4.90 Å². The van der Waals surface area contributed by atoms with Crippen molar-refractivity contribution in [3.63, 3.8) is 0 Å². The number of rotatable bonds is 3. The third-order valence-corrected chi connectivity index (χ3v) is 4.29. The molecule has 0 spiro atoms. The monoisotopic (exact) mass is 383 g/mol. The quantitative estimate of drug-likeness (QED) is 0.577. The van der Waals surface area contributed by atoms with Crippen LogP contribution in [0.25, 0.3) is 0 Å². The van der Waals surface area contributed by atoms with E-state index in [0.29, 0.717) is 5.75 Å². The maximum Gasteiger partial charge on any atom is 0.416 e. The molecule has 0 bridgehead atoms. The number of alkyl halides is 3. The van der Waals surface area contributed by atoms with Gasteiger partial charge in [-0.15, -0.1) is 0 Å². The van der Waals surface area contributed by atoms with Crippen LogP contribution in [0, 0.1) is 0 Å². The number of imide groups is 1. The second-order valence-corrected chi connectivity index (χ2v) is 6.09. The zero-order valence-electron chi connectivity index (χ0n) is 14.2. The van der Waals surface area contributed by atoms with E-state index in [-0.39, 0.29) is 22.6 Å². The Morgan fingerprint density at radius 2 is 1.32 bits per heavy atom. The summed E-state index contributed by atoms with van der Waals surface area (Å²) in [6, 6.07) is 17.2. The zero-order chi connectivity index (χ0) is 19.9.